The van der Waals surface area contributed by atoms with Crippen molar-refractivity contribution in [2.75, 3.05) is 11.9 Å². The molecule has 0 amide bonds. The number of rotatable bonds is 5. The van der Waals surface area contributed by atoms with Crippen molar-refractivity contribution in [2.45, 2.75) is 45.7 Å². The molecule has 1 aliphatic heterocycles. The lowest BCUT2D eigenvalue weighted by Gasteiger charge is -2.23. The standard InChI is InChI=1S/C27H28F2N6O/c1-5-12-34-25(36)19-15-31-26(32-18-7-6-17-14-30-11-10-16(17)13-18)33-24(19)35(34)21-9-8-20(28)22(23(21)29)27(2,3)4/h5-9,13,15,30H,1,10-12,14H2,2-4H3,(H,31,32,33). The molecule has 0 saturated carbocycles. The van der Waals surface area contributed by atoms with Gasteiger partial charge in [0.1, 0.15) is 16.9 Å². The minimum Gasteiger partial charge on any atom is -0.324 e. The fourth-order valence-corrected chi connectivity index (χ4v) is 4.70. The van der Waals surface area contributed by atoms with Gasteiger partial charge >= 0.3 is 0 Å². The van der Waals surface area contributed by atoms with E-state index >= 15 is 4.39 Å². The zero-order valence-corrected chi connectivity index (χ0v) is 20.5. The van der Waals surface area contributed by atoms with E-state index in [1.807, 2.05) is 6.07 Å². The second-order valence-corrected chi connectivity index (χ2v) is 9.96. The van der Waals surface area contributed by atoms with Crippen LogP contribution in [0.4, 0.5) is 20.4 Å². The predicted molar refractivity (Wildman–Crippen MR) is 137 cm³/mol. The maximum Gasteiger partial charge on any atom is 0.278 e. The highest BCUT2D eigenvalue weighted by atomic mass is 19.1. The van der Waals surface area contributed by atoms with E-state index < -0.39 is 22.6 Å². The first kappa shape index (κ1) is 23.9. The Hall–Kier alpha value is -3.85. The largest absolute Gasteiger partial charge is 0.324 e. The van der Waals surface area contributed by atoms with E-state index in [9.17, 15) is 9.18 Å². The fourth-order valence-electron chi connectivity index (χ4n) is 4.70. The maximum atomic E-state index is 15.8. The molecule has 2 N–H and O–H groups in total. The van der Waals surface area contributed by atoms with Gasteiger partial charge in [0.2, 0.25) is 5.95 Å². The number of halogens is 2. The zero-order valence-electron chi connectivity index (χ0n) is 20.5. The Morgan fingerprint density at radius 3 is 2.75 bits per heavy atom. The summed E-state index contributed by atoms with van der Waals surface area (Å²) >= 11 is 0. The van der Waals surface area contributed by atoms with Gasteiger partial charge < -0.3 is 10.6 Å². The van der Waals surface area contributed by atoms with E-state index in [4.69, 9.17) is 0 Å². The highest BCUT2D eigenvalue weighted by molar-refractivity contribution is 5.77. The van der Waals surface area contributed by atoms with Crippen molar-refractivity contribution >= 4 is 22.7 Å². The zero-order chi connectivity index (χ0) is 25.6. The molecule has 0 radical (unpaired) electrons. The number of fused-ring (bicyclic) bond motifs is 2. The van der Waals surface area contributed by atoms with Gasteiger partial charge in [-0.1, -0.05) is 32.9 Å². The third kappa shape index (κ3) is 4.09. The molecule has 1 aliphatic rings. The lowest BCUT2D eigenvalue weighted by Crippen LogP contribution is -2.24. The molecule has 0 unspecified atom stereocenters. The summed E-state index contributed by atoms with van der Waals surface area (Å²) in [5.74, 6) is -1.12. The smallest absolute Gasteiger partial charge is 0.278 e. The van der Waals surface area contributed by atoms with Gasteiger partial charge in [0, 0.05) is 24.0 Å². The Morgan fingerprint density at radius 2 is 2.00 bits per heavy atom. The number of hydrogen-bond acceptors (Lipinski definition) is 5. The molecule has 3 heterocycles. The van der Waals surface area contributed by atoms with Crippen LogP contribution < -0.4 is 16.2 Å². The minimum atomic E-state index is -0.791. The molecule has 2 aromatic heterocycles. The summed E-state index contributed by atoms with van der Waals surface area (Å²) < 4.78 is 33.2. The monoisotopic (exact) mass is 490 g/mol. The molecule has 36 heavy (non-hydrogen) atoms. The predicted octanol–water partition coefficient (Wildman–Crippen LogP) is 4.73. The average Bonchev–Trinajstić information content (AvgIpc) is 3.09. The molecule has 0 bridgehead atoms. The van der Waals surface area contributed by atoms with Crippen LogP contribution in [0.15, 0.2) is 54.0 Å². The van der Waals surface area contributed by atoms with Crippen molar-refractivity contribution in [3.8, 4) is 5.69 Å². The molecule has 0 saturated heterocycles. The van der Waals surface area contributed by atoms with Gasteiger partial charge in [-0.25, -0.2) is 23.1 Å². The van der Waals surface area contributed by atoms with Crippen LogP contribution >= 0.6 is 0 Å². The Kier molecular flexibility index (Phi) is 5.96. The first-order valence-corrected chi connectivity index (χ1v) is 11.9. The summed E-state index contributed by atoms with van der Waals surface area (Å²) in [5.41, 5.74) is 2.32. The van der Waals surface area contributed by atoms with E-state index in [1.54, 1.807) is 20.8 Å². The molecule has 0 atom stereocenters. The fraction of sp³-hybridized carbons (Fsp3) is 0.296. The molecule has 2 aromatic carbocycles. The lowest BCUT2D eigenvalue weighted by molar-refractivity contribution is 0.467. The molecule has 0 aliphatic carbocycles. The number of benzene rings is 2. The molecule has 9 heteroatoms. The van der Waals surface area contributed by atoms with Gasteiger partial charge in [-0.3, -0.25) is 4.79 Å². The second kappa shape index (κ2) is 8.98. The van der Waals surface area contributed by atoms with Crippen LogP contribution in [-0.4, -0.2) is 25.9 Å². The van der Waals surface area contributed by atoms with Gasteiger partial charge in [-0.05, 0) is 53.8 Å². The quantitative estimate of drug-likeness (QED) is 0.396. The van der Waals surface area contributed by atoms with Crippen molar-refractivity contribution in [1.29, 1.82) is 0 Å². The van der Waals surface area contributed by atoms with Crippen LogP contribution in [0.2, 0.25) is 0 Å². The van der Waals surface area contributed by atoms with E-state index in [0.29, 0.717) is 0 Å². The molecule has 5 rings (SSSR count). The number of anilines is 2. The van der Waals surface area contributed by atoms with Crippen molar-refractivity contribution < 1.29 is 8.78 Å². The second-order valence-electron chi connectivity index (χ2n) is 9.96. The molecule has 0 fully saturated rings. The Bertz CT molecular complexity index is 1550. The number of nitrogens with zero attached hydrogens (tertiary/aromatic N) is 4. The van der Waals surface area contributed by atoms with E-state index in [0.717, 1.165) is 25.2 Å². The number of nitrogens with one attached hydrogen (secondary N) is 2. The topological polar surface area (TPSA) is 76.8 Å². The van der Waals surface area contributed by atoms with Crippen molar-refractivity contribution in [3.05, 3.63) is 87.9 Å². The van der Waals surface area contributed by atoms with Gasteiger partial charge in [-0.15, -0.1) is 6.58 Å². The minimum absolute atomic E-state index is 0.0289. The average molecular weight is 491 g/mol. The summed E-state index contributed by atoms with van der Waals surface area (Å²) in [5, 5.41) is 6.78. The van der Waals surface area contributed by atoms with Crippen LogP contribution in [0.1, 0.15) is 37.5 Å². The third-order valence-electron chi connectivity index (χ3n) is 6.38. The molecule has 186 valence electrons. The highest BCUT2D eigenvalue weighted by Gasteiger charge is 2.28. The normalized spacial score (nSPS) is 13.6. The summed E-state index contributed by atoms with van der Waals surface area (Å²) in [7, 11) is 0. The summed E-state index contributed by atoms with van der Waals surface area (Å²) in [6.45, 7) is 10.8. The lowest BCUT2D eigenvalue weighted by atomic mass is 9.86. The summed E-state index contributed by atoms with van der Waals surface area (Å²) in [6, 6.07) is 8.61. The van der Waals surface area contributed by atoms with Gasteiger partial charge in [0.25, 0.3) is 5.56 Å². The Balaban J connectivity index is 1.67. The Labute approximate surface area is 207 Å². The molecule has 4 aromatic rings. The van der Waals surface area contributed by atoms with Crippen LogP contribution in [0.3, 0.4) is 0 Å². The van der Waals surface area contributed by atoms with E-state index in [2.05, 4.69) is 39.3 Å². The van der Waals surface area contributed by atoms with Crippen molar-refractivity contribution in [2.24, 2.45) is 0 Å². The third-order valence-corrected chi connectivity index (χ3v) is 6.38. The van der Waals surface area contributed by atoms with Gasteiger partial charge in [0.15, 0.2) is 11.5 Å². The molecular weight excluding hydrogens is 462 g/mol. The van der Waals surface area contributed by atoms with Gasteiger partial charge in [-0.2, -0.15) is 4.98 Å². The van der Waals surface area contributed by atoms with Crippen molar-refractivity contribution in [3.63, 3.8) is 0 Å². The summed E-state index contributed by atoms with van der Waals surface area (Å²) in [4.78, 5) is 22.1. The van der Waals surface area contributed by atoms with Crippen LogP contribution in [0.25, 0.3) is 16.7 Å². The van der Waals surface area contributed by atoms with Crippen LogP contribution in [0, 0.1) is 11.6 Å². The number of hydrogen-bond donors (Lipinski definition) is 2. The van der Waals surface area contributed by atoms with Crippen molar-refractivity contribution in [1.82, 2.24) is 24.6 Å². The first-order chi connectivity index (χ1) is 17.2. The van der Waals surface area contributed by atoms with Crippen LogP contribution in [0.5, 0.6) is 0 Å². The van der Waals surface area contributed by atoms with Gasteiger partial charge in [0.05, 0.1) is 6.54 Å². The molecule has 7 nitrogen and oxygen atoms in total. The molecule has 0 spiro atoms. The SMILES string of the molecule is C=CCn1c(=O)c2cnc(Nc3ccc4c(c3)CCNC4)nc2n1-c1ccc(F)c(C(C)(C)C)c1F. The number of allylic oxidation sites excluding steroid dienone is 1. The molecular formula is C27H28F2N6O. The Morgan fingerprint density at radius 1 is 1.19 bits per heavy atom. The number of aromatic nitrogens is 4. The van der Waals surface area contributed by atoms with E-state index in [-0.39, 0.29) is 34.8 Å². The van der Waals surface area contributed by atoms with E-state index in [1.165, 1.54) is 44.9 Å². The maximum absolute atomic E-state index is 15.8. The van der Waals surface area contributed by atoms with Crippen LogP contribution in [-0.2, 0) is 24.9 Å². The first-order valence-electron chi connectivity index (χ1n) is 11.9. The summed E-state index contributed by atoms with van der Waals surface area (Å²) in [6.07, 6.45) is 3.89. The highest BCUT2D eigenvalue weighted by Crippen LogP contribution is 2.32.